The monoisotopic (exact) mass is 474 g/mol. The van der Waals surface area contributed by atoms with E-state index < -0.39 is 29.6 Å². The molecule has 35 heavy (non-hydrogen) atoms. The van der Waals surface area contributed by atoms with Crippen molar-refractivity contribution in [1.82, 2.24) is 20.4 Å². The predicted molar refractivity (Wildman–Crippen MR) is 127 cm³/mol. The first kappa shape index (κ1) is 22.6. The maximum Gasteiger partial charge on any atom is 0.408 e. The van der Waals surface area contributed by atoms with E-state index in [1.165, 1.54) is 16.9 Å². The molecule has 2 amide bonds. The summed E-state index contributed by atoms with van der Waals surface area (Å²) in [6.07, 6.45) is 2.31. The number of nitrogens with zero attached hydrogens (tertiary/aromatic N) is 2. The zero-order valence-corrected chi connectivity index (χ0v) is 19.2. The van der Waals surface area contributed by atoms with Gasteiger partial charge in [0.15, 0.2) is 6.04 Å². The van der Waals surface area contributed by atoms with E-state index in [2.05, 4.69) is 27.9 Å². The molecule has 1 fully saturated rings. The highest BCUT2D eigenvalue weighted by molar-refractivity contribution is 5.93. The molecule has 0 saturated heterocycles. The molecule has 3 aromatic rings. The van der Waals surface area contributed by atoms with Crippen LogP contribution in [-0.4, -0.2) is 45.0 Å². The van der Waals surface area contributed by atoms with Gasteiger partial charge >= 0.3 is 12.1 Å². The second-order valence-corrected chi connectivity index (χ2v) is 9.01. The molecule has 2 aliphatic carbocycles. The van der Waals surface area contributed by atoms with Crippen molar-refractivity contribution in [3.8, 4) is 11.1 Å². The molecule has 3 N–H and O–H groups in total. The number of aryl methyl sites for hydroxylation is 1. The van der Waals surface area contributed by atoms with E-state index >= 15 is 0 Å². The minimum Gasteiger partial charge on any atom is -0.479 e. The molecule has 1 unspecified atom stereocenters. The first-order valence-corrected chi connectivity index (χ1v) is 11.5. The van der Waals surface area contributed by atoms with Gasteiger partial charge in [0, 0.05) is 19.2 Å². The molecule has 180 valence electrons. The summed E-state index contributed by atoms with van der Waals surface area (Å²) in [5, 5.41) is 18.9. The lowest BCUT2D eigenvalue weighted by molar-refractivity contribution is -0.144. The summed E-state index contributed by atoms with van der Waals surface area (Å²) in [5.74, 6) is -1.86. The number of rotatable bonds is 7. The molecule has 2 aliphatic rings. The van der Waals surface area contributed by atoms with E-state index in [4.69, 9.17) is 4.74 Å². The zero-order chi connectivity index (χ0) is 24.6. The van der Waals surface area contributed by atoms with Crippen molar-refractivity contribution >= 4 is 18.0 Å². The van der Waals surface area contributed by atoms with Crippen molar-refractivity contribution < 1.29 is 24.2 Å². The summed E-state index contributed by atoms with van der Waals surface area (Å²) in [6.45, 7) is 0.129. The van der Waals surface area contributed by atoms with Crippen LogP contribution in [-0.2, 0) is 21.4 Å². The van der Waals surface area contributed by atoms with Crippen LogP contribution in [0.15, 0.2) is 60.8 Å². The number of benzene rings is 2. The first-order valence-electron chi connectivity index (χ1n) is 11.5. The Kier molecular flexibility index (Phi) is 5.76. The number of carboxylic acid groups (broad SMARTS) is 1. The summed E-state index contributed by atoms with van der Waals surface area (Å²) < 4.78 is 7.00. The van der Waals surface area contributed by atoms with E-state index in [0.717, 1.165) is 28.7 Å². The number of aromatic nitrogens is 2. The second-order valence-electron chi connectivity index (χ2n) is 9.01. The van der Waals surface area contributed by atoms with Crippen LogP contribution >= 0.6 is 0 Å². The standard InChI is InChI=1S/C26H26N4O5/c1-30-21(11-14-27-30)22(23(31)32)28-24(33)26(12-6-13-26)29-25(34)35-15-20-18-9-4-2-7-16(18)17-8-3-5-10-19(17)20/h2-5,7-11,14,20,22H,6,12-13,15H2,1H3,(H,28,33)(H,29,34)(H,31,32). The quantitative estimate of drug-likeness (QED) is 0.484. The number of hydrogen-bond donors (Lipinski definition) is 3. The summed E-state index contributed by atoms with van der Waals surface area (Å²) in [5.41, 5.74) is 3.58. The number of carboxylic acids is 1. The minimum atomic E-state index is -1.28. The second kappa shape index (κ2) is 8.90. The Balaban J connectivity index is 1.27. The minimum absolute atomic E-state index is 0.0967. The van der Waals surface area contributed by atoms with Crippen molar-refractivity contribution in [3.05, 3.63) is 77.6 Å². The van der Waals surface area contributed by atoms with Crippen LogP contribution in [0.2, 0.25) is 0 Å². The number of aliphatic carboxylic acids is 1. The fourth-order valence-electron chi connectivity index (χ4n) is 4.97. The largest absolute Gasteiger partial charge is 0.479 e. The lowest BCUT2D eigenvalue weighted by atomic mass is 9.76. The number of nitrogens with one attached hydrogen (secondary N) is 2. The predicted octanol–water partition coefficient (Wildman–Crippen LogP) is 3.12. The molecule has 0 spiro atoms. The van der Waals surface area contributed by atoms with Crippen LogP contribution in [0, 0.1) is 0 Å². The molecule has 0 aliphatic heterocycles. The Morgan fingerprint density at radius 1 is 1.09 bits per heavy atom. The fourth-order valence-corrected chi connectivity index (χ4v) is 4.97. The maximum absolute atomic E-state index is 13.1. The van der Waals surface area contributed by atoms with Gasteiger partial charge in [0.25, 0.3) is 0 Å². The van der Waals surface area contributed by atoms with E-state index in [1.54, 1.807) is 7.05 Å². The molecular weight excluding hydrogens is 448 g/mol. The normalized spacial score (nSPS) is 16.4. The summed E-state index contributed by atoms with van der Waals surface area (Å²) in [6, 6.07) is 16.3. The van der Waals surface area contributed by atoms with Crippen molar-refractivity contribution in [2.45, 2.75) is 36.8 Å². The SMILES string of the molecule is Cn1nccc1C(NC(=O)C1(NC(=O)OCC2c3ccccc3-c3ccccc32)CCC1)C(=O)O. The van der Waals surface area contributed by atoms with Crippen LogP contribution in [0.25, 0.3) is 11.1 Å². The molecule has 2 aromatic carbocycles. The third kappa shape index (κ3) is 4.03. The van der Waals surface area contributed by atoms with Crippen LogP contribution in [0.4, 0.5) is 4.79 Å². The average Bonchev–Trinajstić information content (AvgIpc) is 3.39. The van der Waals surface area contributed by atoms with Gasteiger partial charge in [-0.05, 0) is 47.6 Å². The van der Waals surface area contributed by atoms with Gasteiger partial charge < -0.3 is 20.5 Å². The van der Waals surface area contributed by atoms with Gasteiger partial charge in [-0.3, -0.25) is 9.48 Å². The van der Waals surface area contributed by atoms with Gasteiger partial charge in [-0.2, -0.15) is 5.10 Å². The topological polar surface area (TPSA) is 123 Å². The van der Waals surface area contributed by atoms with E-state index in [0.29, 0.717) is 18.5 Å². The summed E-state index contributed by atoms with van der Waals surface area (Å²) >= 11 is 0. The Morgan fingerprint density at radius 2 is 1.71 bits per heavy atom. The molecular formula is C26H26N4O5. The Bertz CT molecular complexity index is 1250. The molecule has 1 aromatic heterocycles. The third-order valence-electron chi connectivity index (χ3n) is 7.00. The molecule has 9 nitrogen and oxygen atoms in total. The smallest absolute Gasteiger partial charge is 0.408 e. The lowest BCUT2D eigenvalue weighted by Crippen LogP contribution is -2.63. The Hall–Kier alpha value is -4.14. The number of carbonyl (C=O) groups excluding carboxylic acids is 2. The maximum atomic E-state index is 13.1. The van der Waals surface area contributed by atoms with Crippen molar-refractivity contribution in [2.24, 2.45) is 7.05 Å². The highest BCUT2D eigenvalue weighted by Gasteiger charge is 2.47. The summed E-state index contributed by atoms with van der Waals surface area (Å²) in [4.78, 5) is 37.7. The molecule has 1 saturated carbocycles. The number of amides is 2. The lowest BCUT2D eigenvalue weighted by Gasteiger charge is -2.40. The zero-order valence-electron chi connectivity index (χ0n) is 19.2. The van der Waals surface area contributed by atoms with Crippen LogP contribution in [0.3, 0.4) is 0 Å². The third-order valence-corrected chi connectivity index (χ3v) is 7.00. The Morgan fingerprint density at radius 3 is 2.23 bits per heavy atom. The van der Waals surface area contributed by atoms with Crippen LogP contribution in [0.1, 0.15) is 48.0 Å². The summed E-state index contributed by atoms with van der Waals surface area (Å²) in [7, 11) is 1.60. The molecule has 5 rings (SSSR count). The van der Waals surface area contributed by atoms with Gasteiger partial charge in [-0.15, -0.1) is 0 Å². The number of alkyl carbamates (subject to hydrolysis) is 1. The van der Waals surface area contributed by atoms with E-state index in [-0.39, 0.29) is 12.5 Å². The van der Waals surface area contributed by atoms with Gasteiger partial charge in [0.05, 0.1) is 5.69 Å². The van der Waals surface area contributed by atoms with Crippen molar-refractivity contribution in [1.29, 1.82) is 0 Å². The van der Waals surface area contributed by atoms with Gasteiger partial charge in [0.2, 0.25) is 5.91 Å². The van der Waals surface area contributed by atoms with Gasteiger partial charge in [0.1, 0.15) is 12.1 Å². The highest BCUT2D eigenvalue weighted by Crippen LogP contribution is 2.44. The molecule has 0 bridgehead atoms. The van der Waals surface area contributed by atoms with Gasteiger partial charge in [-0.1, -0.05) is 48.5 Å². The van der Waals surface area contributed by atoms with Crippen molar-refractivity contribution in [2.75, 3.05) is 6.61 Å². The first-order chi connectivity index (χ1) is 16.9. The van der Waals surface area contributed by atoms with E-state index in [9.17, 15) is 19.5 Å². The number of hydrogen-bond acceptors (Lipinski definition) is 5. The number of fused-ring (bicyclic) bond motifs is 3. The molecule has 1 atom stereocenters. The number of ether oxygens (including phenoxy) is 1. The van der Waals surface area contributed by atoms with E-state index in [1.807, 2.05) is 36.4 Å². The Labute approximate surface area is 202 Å². The average molecular weight is 475 g/mol. The van der Waals surface area contributed by atoms with Crippen LogP contribution < -0.4 is 10.6 Å². The fraction of sp³-hybridized carbons (Fsp3) is 0.308. The van der Waals surface area contributed by atoms with Crippen LogP contribution in [0.5, 0.6) is 0 Å². The molecule has 9 heteroatoms. The van der Waals surface area contributed by atoms with Gasteiger partial charge in [-0.25, -0.2) is 9.59 Å². The van der Waals surface area contributed by atoms with Crippen molar-refractivity contribution in [3.63, 3.8) is 0 Å². The number of carbonyl (C=O) groups is 3. The highest BCUT2D eigenvalue weighted by atomic mass is 16.5. The molecule has 0 radical (unpaired) electrons. The molecule has 1 heterocycles.